The van der Waals surface area contributed by atoms with Gasteiger partial charge in [-0.3, -0.25) is 4.79 Å². The number of anilines is 1. The zero-order valence-electron chi connectivity index (χ0n) is 12.1. The molecule has 2 N–H and O–H groups in total. The Morgan fingerprint density at radius 3 is 2.39 bits per heavy atom. The number of hydrogen-bond donors (Lipinski definition) is 2. The second-order valence-corrected chi connectivity index (χ2v) is 8.64. The van der Waals surface area contributed by atoms with E-state index in [0.717, 1.165) is 11.3 Å². The molecule has 1 aromatic heterocycles. The van der Waals surface area contributed by atoms with Crippen LogP contribution in [0.1, 0.15) is 11.8 Å². The first kappa shape index (κ1) is 18.2. The van der Waals surface area contributed by atoms with Crippen molar-refractivity contribution in [2.24, 2.45) is 0 Å². The number of sulfonamides is 1. The SMILES string of the molecule is CCc1ccc(S(=O)(=O)NCC(=O)Nc2cc(Cl)cc(Cl)c2)s1. The first-order chi connectivity index (χ1) is 10.8. The number of amides is 1. The monoisotopic (exact) mass is 392 g/mol. The summed E-state index contributed by atoms with van der Waals surface area (Å²) in [6.07, 6.45) is 0.760. The summed E-state index contributed by atoms with van der Waals surface area (Å²) in [6.45, 7) is 1.56. The predicted octanol–water partition coefficient (Wildman–Crippen LogP) is 3.53. The maximum atomic E-state index is 12.1. The van der Waals surface area contributed by atoms with Crippen molar-refractivity contribution in [3.8, 4) is 0 Å². The third-order valence-corrected chi connectivity index (χ3v) is 6.38. The standard InChI is InChI=1S/C14H14Cl2N2O3S2/c1-2-12-3-4-14(22-12)23(20,21)17-8-13(19)18-11-6-9(15)5-10(16)7-11/h3-7,17H,2,8H2,1H3,(H,18,19). The molecule has 0 atom stereocenters. The number of halogens is 2. The molecule has 124 valence electrons. The second kappa shape index (κ2) is 7.63. The maximum absolute atomic E-state index is 12.1. The average Bonchev–Trinajstić information content (AvgIpc) is 2.94. The summed E-state index contributed by atoms with van der Waals surface area (Å²) in [4.78, 5) is 12.8. The number of rotatable bonds is 6. The van der Waals surface area contributed by atoms with Crippen LogP contribution < -0.4 is 10.0 Å². The second-order valence-electron chi connectivity index (χ2n) is 4.61. The van der Waals surface area contributed by atoms with Gasteiger partial charge in [0.15, 0.2) is 0 Å². The largest absolute Gasteiger partial charge is 0.325 e. The summed E-state index contributed by atoms with van der Waals surface area (Å²) >= 11 is 12.8. The van der Waals surface area contributed by atoms with E-state index >= 15 is 0 Å². The molecule has 1 amide bonds. The molecule has 0 aliphatic rings. The molecule has 23 heavy (non-hydrogen) atoms. The number of carbonyl (C=O) groups excluding carboxylic acids is 1. The highest BCUT2D eigenvalue weighted by atomic mass is 35.5. The van der Waals surface area contributed by atoms with Crippen molar-refractivity contribution in [1.29, 1.82) is 0 Å². The Morgan fingerprint density at radius 1 is 1.17 bits per heavy atom. The van der Waals surface area contributed by atoms with Gasteiger partial charge in [-0.25, -0.2) is 13.1 Å². The Bertz CT molecular complexity index is 799. The van der Waals surface area contributed by atoms with E-state index in [0.29, 0.717) is 15.7 Å². The number of carbonyl (C=O) groups is 1. The molecule has 0 radical (unpaired) electrons. The molecular weight excluding hydrogens is 379 g/mol. The minimum Gasteiger partial charge on any atom is -0.325 e. The molecule has 0 unspecified atom stereocenters. The van der Waals surface area contributed by atoms with E-state index in [1.54, 1.807) is 6.07 Å². The van der Waals surface area contributed by atoms with E-state index in [4.69, 9.17) is 23.2 Å². The van der Waals surface area contributed by atoms with Crippen LogP contribution in [0.4, 0.5) is 5.69 Å². The Labute approximate surface area is 148 Å². The Hall–Kier alpha value is -1.12. The van der Waals surface area contributed by atoms with Crippen LogP contribution in [-0.2, 0) is 21.2 Å². The lowest BCUT2D eigenvalue weighted by atomic mass is 10.3. The molecule has 2 rings (SSSR count). The molecule has 0 saturated heterocycles. The van der Waals surface area contributed by atoms with Crippen molar-refractivity contribution in [3.63, 3.8) is 0 Å². The van der Waals surface area contributed by atoms with E-state index in [1.165, 1.54) is 35.6 Å². The van der Waals surface area contributed by atoms with Crippen LogP contribution in [0.25, 0.3) is 0 Å². The highest BCUT2D eigenvalue weighted by Crippen LogP contribution is 2.23. The number of hydrogen-bond acceptors (Lipinski definition) is 4. The molecule has 0 spiro atoms. The Balaban J connectivity index is 1.98. The van der Waals surface area contributed by atoms with Crippen molar-refractivity contribution in [2.45, 2.75) is 17.6 Å². The lowest BCUT2D eigenvalue weighted by Gasteiger charge is -2.07. The minimum absolute atomic E-state index is 0.188. The smallest absolute Gasteiger partial charge is 0.250 e. The maximum Gasteiger partial charge on any atom is 0.250 e. The van der Waals surface area contributed by atoms with Gasteiger partial charge in [0.05, 0.1) is 6.54 Å². The fourth-order valence-electron chi connectivity index (χ4n) is 1.76. The highest BCUT2D eigenvalue weighted by Gasteiger charge is 2.17. The van der Waals surface area contributed by atoms with E-state index in [1.807, 2.05) is 6.92 Å². The third kappa shape index (κ3) is 5.19. The van der Waals surface area contributed by atoms with Crippen molar-refractivity contribution in [3.05, 3.63) is 45.3 Å². The molecule has 0 aliphatic heterocycles. The van der Waals surface area contributed by atoms with E-state index in [2.05, 4.69) is 10.0 Å². The summed E-state index contributed by atoms with van der Waals surface area (Å²) in [5, 5.41) is 3.28. The van der Waals surface area contributed by atoms with Gasteiger partial charge in [-0.1, -0.05) is 30.1 Å². The van der Waals surface area contributed by atoms with Crippen molar-refractivity contribution in [1.82, 2.24) is 4.72 Å². The minimum atomic E-state index is -3.70. The van der Waals surface area contributed by atoms with Crippen LogP contribution in [0.3, 0.4) is 0 Å². The highest BCUT2D eigenvalue weighted by molar-refractivity contribution is 7.91. The van der Waals surface area contributed by atoms with Gasteiger partial charge in [0.25, 0.3) is 10.0 Å². The van der Waals surface area contributed by atoms with Gasteiger partial charge >= 0.3 is 0 Å². The van der Waals surface area contributed by atoms with Gasteiger partial charge in [0.2, 0.25) is 5.91 Å². The number of thiophene rings is 1. The van der Waals surface area contributed by atoms with Crippen LogP contribution in [0.5, 0.6) is 0 Å². The van der Waals surface area contributed by atoms with E-state index < -0.39 is 15.9 Å². The molecule has 5 nitrogen and oxygen atoms in total. The van der Waals surface area contributed by atoms with Crippen LogP contribution in [0.15, 0.2) is 34.5 Å². The van der Waals surface area contributed by atoms with Crippen LogP contribution in [0, 0.1) is 0 Å². The molecule has 1 aromatic carbocycles. The average molecular weight is 393 g/mol. The molecule has 0 fully saturated rings. The number of nitrogens with one attached hydrogen (secondary N) is 2. The topological polar surface area (TPSA) is 75.3 Å². The van der Waals surface area contributed by atoms with Crippen LogP contribution in [-0.4, -0.2) is 20.9 Å². The Kier molecular flexibility index (Phi) is 6.05. The van der Waals surface area contributed by atoms with Crippen LogP contribution in [0.2, 0.25) is 10.0 Å². The normalized spacial score (nSPS) is 11.4. The van der Waals surface area contributed by atoms with Gasteiger partial charge in [0.1, 0.15) is 4.21 Å². The zero-order valence-corrected chi connectivity index (χ0v) is 15.2. The van der Waals surface area contributed by atoms with Gasteiger partial charge in [-0.2, -0.15) is 0 Å². The van der Waals surface area contributed by atoms with Gasteiger partial charge in [-0.05, 0) is 36.8 Å². The number of aryl methyl sites for hydroxylation is 1. The molecule has 1 heterocycles. The van der Waals surface area contributed by atoms with Crippen LogP contribution >= 0.6 is 34.5 Å². The first-order valence-corrected chi connectivity index (χ1v) is 9.70. The van der Waals surface area contributed by atoms with Crippen molar-refractivity contribution < 1.29 is 13.2 Å². The van der Waals surface area contributed by atoms with Gasteiger partial charge < -0.3 is 5.32 Å². The summed E-state index contributed by atoms with van der Waals surface area (Å²) in [6, 6.07) is 7.86. The summed E-state index contributed by atoms with van der Waals surface area (Å²) in [5.41, 5.74) is 0.399. The van der Waals surface area contributed by atoms with Crippen molar-refractivity contribution >= 4 is 56.2 Å². The molecule has 0 saturated carbocycles. The van der Waals surface area contributed by atoms with E-state index in [-0.39, 0.29) is 10.8 Å². The molecular formula is C14H14Cl2N2O3S2. The fraction of sp³-hybridized carbons (Fsp3) is 0.214. The number of benzene rings is 1. The summed E-state index contributed by atoms with van der Waals surface area (Å²) in [5.74, 6) is -0.515. The quantitative estimate of drug-likeness (QED) is 0.789. The first-order valence-electron chi connectivity index (χ1n) is 6.64. The van der Waals surface area contributed by atoms with Gasteiger partial charge in [-0.15, -0.1) is 11.3 Å². The van der Waals surface area contributed by atoms with Gasteiger partial charge in [0, 0.05) is 20.6 Å². The molecule has 0 aliphatic carbocycles. The Morgan fingerprint density at radius 2 is 1.83 bits per heavy atom. The zero-order chi connectivity index (χ0) is 17.0. The lowest BCUT2D eigenvalue weighted by molar-refractivity contribution is -0.115. The predicted molar refractivity (Wildman–Crippen MR) is 94.0 cm³/mol. The fourth-order valence-corrected chi connectivity index (χ4v) is 4.60. The third-order valence-electron chi connectivity index (χ3n) is 2.82. The molecule has 2 aromatic rings. The van der Waals surface area contributed by atoms with E-state index in [9.17, 15) is 13.2 Å². The molecule has 0 bridgehead atoms. The summed E-state index contributed by atoms with van der Waals surface area (Å²) < 4.78 is 26.7. The summed E-state index contributed by atoms with van der Waals surface area (Å²) in [7, 11) is -3.70. The lowest BCUT2D eigenvalue weighted by Crippen LogP contribution is -2.32. The van der Waals surface area contributed by atoms with Crippen molar-refractivity contribution in [2.75, 3.05) is 11.9 Å². The molecule has 9 heteroatoms.